The van der Waals surface area contributed by atoms with Crippen LogP contribution in [0.4, 0.5) is 5.69 Å². The number of benzene rings is 1. The molecule has 6 heteroatoms. The van der Waals surface area contributed by atoms with Crippen molar-refractivity contribution >= 4 is 5.69 Å². The Morgan fingerprint density at radius 1 is 1.33 bits per heavy atom. The minimum atomic E-state index is -0.367. The maximum atomic E-state index is 11.3. The summed E-state index contributed by atoms with van der Waals surface area (Å²) in [5, 5.41) is 15.6. The topological polar surface area (TPSA) is 87.0 Å². The van der Waals surface area contributed by atoms with Gasteiger partial charge in [0.15, 0.2) is 0 Å². The Hall–Kier alpha value is -2.21. The van der Waals surface area contributed by atoms with Gasteiger partial charge in [-0.05, 0) is 26.3 Å². The van der Waals surface area contributed by atoms with Crippen LogP contribution >= 0.6 is 0 Å². The molecule has 0 bridgehead atoms. The summed E-state index contributed by atoms with van der Waals surface area (Å²) in [4.78, 5) is 10.9. The van der Waals surface area contributed by atoms with E-state index in [0.29, 0.717) is 17.8 Å². The predicted octanol–water partition coefficient (Wildman–Crippen LogP) is 2.92. The predicted molar refractivity (Wildman–Crippen MR) is 81.1 cm³/mol. The quantitative estimate of drug-likeness (QED) is 0.677. The molecule has 0 spiro atoms. The van der Waals surface area contributed by atoms with Crippen molar-refractivity contribution in [3.8, 4) is 0 Å². The lowest BCUT2D eigenvalue weighted by molar-refractivity contribution is -0.386. The van der Waals surface area contributed by atoms with Crippen LogP contribution < -0.4 is 5.73 Å². The largest absolute Gasteiger partial charge is 0.324 e. The minimum Gasteiger partial charge on any atom is -0.324 e. The van der Waals surface area contributed by atoms with Gasteiger partial charge in [-0.2, -0.15) is 5.10 Å². The average molecular weight is 288 g/mol. The Bertz CT molecular complexity index is 635. The first kappa shape index (κ1) is 15.2. The highest BCUT2D eigenvalue weighted by molar-refractivity contribution is 5.42. The van der Waals surface area contributed by atoms with Gasteiger partial charge < -0.3 is 5.73 Å². The zero-order valence-electron chi connectivity index (χ0n) is 12.5. The van der Waals surface area contributed by atoms with Crippen molar-refractivity contribution in [3.63, 3.8) is 0 Å². The first-order valence-electron chi connectivity index (χ1n) is 6.94. The van der Waals surface area contributed by atoms with E-state index in [0.717, 1.165) is 5.56 Å². The van der Waals surface area contributed by atoms with Crippen molar-refractivity contribution in [1.82, 2.24) is 9.78 Å². The lowest BCUT2D eigenvalue weighted by Gasteiger charge is -2.15. The summed E-state index contributed by atoms with van der Waals surface area (Å²) in [6.07, 6.45) is 0.388. The third-order valence-electron chi connectivity index (χ3n) is 3.46. The van der Waals surface area contributed by atoms with Crippen LogP contribution in [0.15, 0.2) is 30.3 Å². The van der Waals surface area contributed by atoms with Gasteiger partial charge in [-0.1, -0.05) is 30.3 Å². The lowest BCUT2D eigenvalue weighted by Crippen LogP contribution is -2.18. The summed E-state index contributed by atoms with van der Waals surface area (Å²) >= 11 is 0. The van der Waals surface area contributed by atoms with E-state index in [1.165, 1.54) is 0 Å². The van der Waals surface area contributed by atoms with Gasteiger partial charge in [0.2, 0.25) is 0 Å². The second-order valence-corrected chi connectivity index (χ2v) is 5.40. The Kier molecular flexibility index (Phi) is 4.37. The maximum Gasteiger partial charge on any atom is 0.313 e. The van der Waals surface area contributed by atoms with Gasteiger partial charge in [-0.25, -0.2) is 0 Å². The fourth-order valence-corrected chi connectivity index (χ4v) is 2.47. The van der Waals surface area contributed by atoms with Crippen LogP contribution in [0.1, 0.15) is 42.9 Å². The molecule has 0 saturated heterocycles. The SMILES string of the molecule is Cc1nn(C(C)C)c(CC(N)c2ccccc2)c1[N+](=O)[O-]. The van der Waals surface area contributed by atoms with Crippen molar-refractivity contribution in [2.24, 2.45) is 5.73 Å². The smallest absolute Gasteiger partial charge is 0.313 e. The Balaban J connectivity index is 2.40. The van der Waals surface area contributed by atoms with Crippen LogP contribution in [0.5, 0.6) is 0 Å². The van der Waals surface area contributed by atoms with E-state index in [9.17, 15) is 10.1 Å². The molecule has 1 aromatic carbocycles. The van der Waals surface area contributed by atoms with Gasteiger partial charge in [-0.15, -0.1) is 0 Å². The summed E-state index contributed by atoms with van der Waals surface area (Å²) in [5.74, 6) is 0. The molecule has 112 valence electrons. The van der Waals surface area contributed by atoms with E-state index >= 15 is 0 Å². The van der Waals surface area contributed by atoms with E-state index < -0.39 is 0 Å². The molecule has 1 atom stereocenters. The Morgan fingerprint density at radius 2 is 1.95 bits per heavy atom. The Morgan fingerprint density at radius 3 is 2.48 bits per heavy atom. The maximum absolute atomic E-state index is 11.3. The first-order chi connectivity index (χ1) is 9.91. The van der Waals surface area contributed by atoms with Gasteiger partial charge in [0.1, 0.15) is 11.4 Å². The molecule has 2 N–H and O–H groups in total. The summed E-state index contributed by atoms with van der Waals surface area (Å²) in [7, 11) is 0. The van der Waals surface area contributed by atoms with Crippen LogP contribution in [0.3, 0.4) is 0 Å². The van der Waals surface area contributed by atoms with Crippen LogP contribution in [-0.4, -0.2) is 14.7 Å². The number of hydrogen-bond acceptors (Lipinski definition) is 4. The van der Waals surface area contributed by atoms with Crippen molar-refractivity contribution in [2.45, 2.75) is 39.3 Å². The highest BCUT2D eigenvalue weighted by Gasteiger charge is 2.27. The third kappa shape index (κ3) is 3.11. The molecule has 1 aromatic heterocycles. The highest BCUT2D eigenvalue weighted by Crippen LogP contribution is 2.29. The molecule has 0 aliphatic heterocycles. The second-order valence-electron chi connectivity index (χ2n) is 5.40. The number of nitrogens with zero attached hydrogens (tertiary/aromatic N) is 3. The van der Waals surface area contributed by atoms with Gasteiger partial charge in [0, 0.05) is 18.5 Å². The minimum absolute atomic E-state index is 0.0513. The molecular formula is C15H20N4O2. The normalized spacial score (nSPS) is 12.6. The number of aryl methyl sites for hydroxylation is 1. The molecule has 0 radical (unpaired) electrons. The fraction of sp³-hybridized carbons (Fsp3) is 0.400. The van der Waals surface area contributed by atoms with Gasteiger partial charge in [-0.3, -0.25) is 14.8 Å². The second kappa shape index (κ2) is 6.05. The van der Waals surface area contributed by atoms with Crippen molar-refractivity contribution in [3.05, 3.63) is 57.4 Å². The molecule has 0 aliphatic rings. The van der Waals surface area contributed by atoms with E-state index in [2.05, 4.69) is 5.10 Å². The molecule has 2 aromatic rings. The Labute approximate surface area is 123 Å². The van der Waals surface area contributed by atoms with Crippen molar-refractivity contribution in [1.29, 1.82) is 0 Å². The zero-order chi connectivity index (χ0) is 15.6. The van der Waals surface area contributed by atoms with Crippen LogP contribution in [0.2, 0.25) is 0 Å². The van der Waals surface area contributed by atoms with Crippen LogP contribution in [0.25, 0.3) is 0 Å². The molecule has 2 rings (SSSR count). The monoisotopic (exact) mass is 288 g/mol. The average Bonchev–Trinajstić information content (AvgIpc) is 2.76. The highest BCUT2D eigenvalue weighted by atomic mass is 16.6. The molecule has 0 saturated carbocycles. The number of hydrogen-bond donors (Lipinski definition) is 1. The van der Waals surface area contributed by atoms with E-state index in [-0.39, 0.29) is 22.7 Å². The number of rotatable bonds is 5. The van der Waals surface area contributed by atoms with Crippen molar-refractivity contribution in [2.75, 3.05) is 0 Å². The van der Waals surface area contributed by atoms with Crippen LogP contribution in [-0.2, 0) is 6.42 Å². The number of aromatic nitrogens is 2. The molecule has 6 nitrogen and oxygen atoms in total. The molecule has 1 unspecified atom stereocenters. The van der Waals surface area contributed by atoms with Gasteiger partial charge in [0.05, 0.1) is 4.92 Å². The molecule has 1 heterocycles. The molecule has 21 heavy (non-hydrogen) atoms. The zero-order valence-corrected chi connectivity index (χ0v) is 12.5. The summed E-state index contributed by atoms with van der Waals surface area (Å²) in [5.41, 5.74) is 8.27. The molecular weight excluding hydrogens is 268 g/mol. The summed E-state index contributed by atoms with van der Waals surface area (Å²) in [6.45, 7) is 5.57. The fourth-order valence-electron chi connectivity index (χ4n) is 2.47. The van der Waals surface area contributed by atoms with Crippen molar-refractivity contribution < 1.29 is 4.92 Å². The molecule has 0 aliphatic carbocycles. The van der Waals surface area contributed by atoms with E-state index in [1.54, 1.807) is 11.6 Å². The number of nitro groups is 1. The standard InChI is InChI=1S/C15H20N4O2/c1-10(2)18-14(15(19(20)21)11(3)17-18)9-13(16)12-7-5-4-6-8-12/h4-8,10,13H,9,16H2,1-3H3. The summed E-state index contributed by atoms with van der Waals surface area (Å²) < 4.78 is 1.70. The van der Waals surface area contributed by atoms with Crippen LogP contribution in [0, 0.1) is 17.0 Å². The van der Waals surface area contributed by atoms with Gasteiger partial charge in [0.25, 0.3) is 0 Å². The van der Waals surface area contributed by atoms with E-state index in [4.69, 9.17) is 5.73 Å². The van der Waals surface area contributed by atoms with Gasteiger partial charge >= 0.3 is 5.69 Å². The van der Waals surface area contributed by atoms with E-state index in [1.807, 2.05) is 44.2 Å². The first-order valence-corrected chi connectivity index (χ1v) is 6.94. The number of nitrogens with two attached hydrogens (primary N) is 1. The third-order valence-corrected chi connectivity index (χ3v) is 3.46. The lowest BCUT2D eigenvalue weighted by atomic mass is 10.0. The molecule has 0 amide bonds. The summed E-state index contributed by atoms with van der Waals surface area (Å²) in [6, 6.07) is 9.36. The molecule has 0 fully saturated rings.